The van der Waals surface area contributed by atoms with Gasteiger partial charge in [-0.3, -0.25) is 9.88 Å². The quantitative estimate of drug-likeness (QED) is 0.771. The summed E-state index contributed by atoms with van der Waals surface area (Å²) < 4.78 is 30.0. The van der Waals surface area contributed by atoms with Crippen LogP contribution in [0, 0.1) is 0 Å². The molecule has 1 aliphatic rings. The summed E-state index contributed by atoms with van der Waals surface area (Å²) in [7, 11) is -1.65. The SMILES string of the molecule is CN(Cc1ccc(CN2CCN(c3cccnc3)CC2)o1)S(C)(=O)=O. The Hall–Kier alpha value is -1.90. The minimum absolute atomic E-state index is 0.258. The minimum atomic E-state index is -3.20. The van der Waals surface area contributed by atoms with E-state index in [0.29, 0.717) is 5.76 Å². The summed E-state index contributed by atoms with van der Waals surface area (Å²) in [5.74, 6) is 1.53. The number of sulfonamides is 1. The zero-order valence-corrected chi connectivity index (χ0v) is 15.4. The second-order valence-electron chi connectivity index (χ2n) is 6.36. The molecule has 3 heterocycles. The van der Waals surface area contributed by atoms with E-state index < -0.39 is 10.0 Å². The van der Waals surface area contributed by atoms with Gasteiger partial charge < -0.3 is 9.32 Å². The summed E-state index contributed by atoms with van der Waals surface area (Å²) in [6.07, 6.45) is 4.88. The van der Waals surface area contributed by atoms with Crippen molar-refractivity contribution >= 4 is 15.7 Å². The van der Waals surface area contributed by atoms with Crippen LogP contribution in [0.15, 0.2) is 41.1 Å². The van der Waals surface area contributed by atoms with Crippen molar-refractivity contribution in [1.82, 2.24) is 14.2 Å². The summed E-state index contributed by atoms with van der Waals surface area (Å²) >= 11 is 0. The van der Waals surface area contributed by atoms with Crippen molar-refractivity contribution in [3.05, 3.63) is 48.2 Å². The topological polar surface area (TPSA) is 69.9 Å². The largest absolute Gasteiger partial charge is 0.463 e. The van der Waals surface area contributed by atoms with Gasteiger partial charge in [-0.15, -0.1) is 0 Å². The molecule has 7 nitrogen and oxygen atoms in total. The van der Waals surface area contributed by atoms with Crippen LogP contribution in [0.4, 0.5) is 5.69 Å². The van der Waals surface area contributed by atoms with Crippen LogP contribution < -0.4 is 4.90 Å². The molecule has 0 spiro atoms. The Labute approximate surface area is 148 Å². The number of aromatic nitrogens is 1. The van der Waals surface area contributed by atoms with Crippen molar-refractivity contribution < 1.29 is 12.8 Å². The Balaban J connectivity index is 1.51. The molecule has 25 heavy (non-hydrogen) atoms. The van der Waals surface area contributed by atoms with E-state index in [1.807, 2.05) is 24.4 Å². The molecule has 1 aliphatic heterocycles. The molecule has 0 amide bonds. The molecule has 0 aliphatic carbocycles. The second kappa shape index (κ2) is 7.55. The van der Waals surface area contributed by atoms with Crippen LogP contribution in [-0.2, 0) is 23.1 Å². The van der Waals surface area contributed by atoms with Gasteiger partial charge in [0.25, 0.3) is 0 Å². The maximum Gasteiger partial charge on any atom is 0.211 e. The standard InChI is InChI=1S/C17H24N4O3S/c1-19(25(2,22)23)13-16-5-6-17(24-16)14-20-8-10-21(11-9-20)15-4-3-7-18-12-15/h3-7,12H,8-11,13-14H2,1-2H3. The number of anilines is 1. The Kier molecular flexibility index (Phi) is 5.41. The molecule has 1 saturated heterocycles. The molecular formula is C17H24N4O3S. The van der Waals surface area contributed by atoms with Crippen molar-refractivity contribution in [2.24, 2.45) is 0 Å². The number of pyridine rings is 1. The van der Waals surface area contributed by atoms with Gasteiger partial charge in [-0.2, -0.15) is 4.31 Å². The summed E-state index contributed by atoms with van der Waals surface area (Å²) in [6, 6.07) is 7.82. The summed E-state index contributed by atoms with van der Waals surface area (Å²) in [5.41, 5.74) is 1.16. The van der Waals surface area contributed by atoms with E-state index >= 15 is 0 Å². The number of hydrogen-bond acceptors (Lipinski definition) is 6. The fraction of sp³-hybridized carbons (Fsp3) is 0.471. The third-order valence-electron chi connectivity index (χ3n) is 4.42. The zero-order valence-electron chi connectivity index (χ0n) is 14.6. The fourth-order valence-electron chi connectivity index (χ4n) is 2.85. The Morgan fingerprint density at radius 3 is 2.52 bits per heavy atom. The van der Waals surface area contributed by atoms with Crippen molar-refractivity contribution in [2.75, 3.05) is 44.4 Å². The Morgan fingerprint density at radius 2 is 1.88 bits per heavy atom. The van der Waals surface area contributed by atoms with Gasteiger partial charge >= 0.3 is 0 Å². The van der Waals surface area contributed by atoms with E-state index in [4.69, 9.17) is 4.42 Å². The van der Waals surface area contributed by atoms with Gasteiger partial charge in [0.1, 0.15) is 11.5 Å². The van der Waals surface area contributed by atoms with Gasteiger partial charge in [-0.25, -0.2) is 8.42 Å². The third-order valence-corrected chi connectivity index (χ3v) is 5.69. The molecule has 0 radical (unpaired) electrons. The number of nitrogens with zero attached hydrogens (tertiary/aromatic N) is 4. The minimum Gasteiger partial charge on any atom is -0.463 e. The Bertz CT molecular complexity index is 783. The summed E-state index contributed by atoms with van der Waals surface area (Å²) in [4.78, 5) is 8.85. The van der Waals surface area contributed by atoms with Crippen molar-refractivity contribution in [3.8, 4) is 0 Å². The molecule has 136 valence electrons. The molecule has 0 N–H and O–H groups in total. The number of piperazine rings is 1. The van der Waals surface area contributed by atoms with Crippen LogP contribution >= 0.6 is 0 Å². The first kappa shape index (κ1) is 17.9. The van der Waals surface area contributed by atoms with Crippen molar-refractivity contribution in [2.45, 2.75) is 13.1 Å². The molecule has 0 bridgehead atoms. The third kappa shape index (κ3) is 4.81. The maximum atomic E-state index is 11.5. The predicted molar refractivity (Wildman–Crippen MR) is 96.7 cm³/mol. The predicted octanol–water partition coefficient (Wildman–Crippen LogP) is 1.39. The lowest BCUT2D eigenvalue weighted by Crippen LogP contribution is -2.45. The smallest absolute Gasteiger partial charge is 0.211 e. The van der Waals surface area contributed by atoms with Gasteiger partial charge in [-0.1, -0.05) is 0 Å². The fourth-order valence-corrected chi connectivity index (χ4v) is 3.22. The first-order valence-corrected chi connectivity index (χ1v) is 10.1. The molecule has 0 atom stereocenters. The lowest BCUT2D eigenvalue weighted by molar-refractivity contribution is 0.227. The van der Waals surface area contributed by atoms with Gasteiger partial charge in [0.15, 0.2) is 0 Å². The lowest BCUT2D eigenvalue weighted by Gasteiger charge is -2.35. The molecule has 3 rings (SSSR count). The van der Waals surface area contributed by atoms with E-state index in [2.05, 4.69) is 20.9 Å². The highest BCUT2D eigenvalue weighted by Crippen LogP contribution is 2.17. The summed E-state index contributed by atoms with van der Waals surface area (Å²) in [5, 5.41) is 0. The molecule has 2 aromatic rings. The zero-order chi connectivity index (χ0) is 17.9. The average molecular weight is 364 g/mol. The Morgan fingerprint density at radius 1 is 1.16 bits per heavy atom. The van der Waals surface area contributed by atoms with Crippen LogP contribution in [0.5, 0.6) is 0 Å². The van der Waals surface area contributed by atoms with E-state index in [-0.39, 0.29) is 6.54 Å². The highest BCUT2D eigenvalue weighted by atomic mass is 32.2. The van der Waals surface area contributed by atoms with E-state index in [1.54, 1.807) is 13.2 Å². The molecule has 0 saturated carbocycles. The highest BCUT2D eigenvalue weighted by Gasteiger charge is 2.19. The van der Waals surface area contributed by atoms with Crippen molar-refractivity contribution in [3.63, 3.8) is 0 Å². The summed E-state index contributed by atoms with van der Waals surface area (Å²) in [6.45, 7) is 4.81. The molecule has 0 aromatic carbocycles. The first-order valence-electron chi connectivity index (χ1n) is 8.28. The van der Waals surface area contributed by atoms with E-state index in [9.17, 15) is 8.42 Å². The normalized spacial score (nSPS) is 16.5. The van der Waals surface area contributed by atoms with Gasteiger partial charge in [-0.05, 0) is 24.3 Å². The van der Waals surface area contributed by atoms with Crippen molar-refractivity contribution in [1.29, 1.82) is 0 Å². The lowest BCUT2D eigenvalue weighted by atomic mass is 10.2. The molecular weight excluding hydrogens is 340 g/mol. The maximum absolute atomic E-state index is 11.5. The average Bonchev–Trinajstić information content (AvgIpc) is 3.02. The number of furan rings is 1. The van der Waals surface area contributed by atoms with Crippen LogP contribution in [-0.4, -0.2) is 62.1 Å². The molecule has 8 heteroatoms. The monoisotopic (exact) mass is 364 g/mol. The number of rotatable bonds is 6. The van der Waals surface area contributed by atoms with Crippen LogP contribution in [0.25, 0.3) is 0 Å². The second-order valence-corrected chi connectivity index (χ2v) is 8.45. The van der Waals surface area contributed by atoms with E-state index in [1.165, 1.54) is 10.6 Å². The van der Waals surface area contributed by atoms with Gasteiger partial charge in [0, 0.05) is 39.4 Å². The first-order chi connectivity index (χ1) is 11.9. The molecule has 0 unspecified atom stereocenters. The van der Waals surface area contributed by atoms with Crippen LogP contribution in [0.3, 0.4) is 0 Å². The van der Waals surface area contributed by atoms with Crippen LogP contribution in [0.2, 0.25) is 0 Å². The van der Waals surface area contributed by atoms with E-state index in [0.717, 1.165) is 44.2 Å². The van der Waals surface area contributed by atoms with Crippen LogP contribution in [0.1, 0.15) is 11.5 Å². The van der Waals surface area contributed by atoms with Gasteiger partial charge in [0.05, 0.1) is 31.2 Å². The molecule has 2 aromatic heterocycles. The van der Waals surface area contributed by atoms with Gasteiger partial charge in [0.2, 0.25) is 10.0 Å². The number of hydrogen-bond donors (Lipinski definition) is 0. The highest BCUT2D eigenvalue weighted by molar-refractivity contribution is 7.88. The molecule has 1 fully saturated rings.